The van der Waals surface area contributed by atoms with Gasteiger partial charge in [-0.25, -0.2) is 8.42 Å². The van der Waals surface area contributed by atoms with Gasteiger partial charge in [0.05, 0.1) is 12.1 Å². The summed E-state index contributed by atoms with van der Waals surface area (Å²) in [6, 6.07) is 5.87. The molecule has 0 saturated carbocycles. The average molecular weight is 450 g/mol. The fourth-order valence-corrected chi connectivity index (χ4v) is 3.55. The first-order chi connectivity index (χ1) is 10.7. The van der Waals surface area contributed by atoms with Gasteiger partial charge in [0.2, 0.25) is 0 Å². The molecule has 1 aromatic heterocycles. The molecule has 0 fully saturated rings. The number of benzene rings is 1. The fraction of sp³-hybridized carbons (Fsp3) is 0.467. The lowest BCUT2D eigenvalue weighted by atomic mass is 10.1. The van der Waals surface area contributed by atoms with Crippen LogP contribution in [-0.2, 0) is 25.9 Å². The van der Waals surface area contributed by atoms with Gasteiger partial charge in [0.25, 0.3) is 0 Å². The van der Waals surface area contributed by atoms with E-state index in [2.05, 4.69) is 27.7 Å². The lowest BCUT2D eigenvalue weighted by Crippen LogP contribution is -2.45. The molecule has 0 aliphatic carbocycles. The third-order valence-electron chi connectivity index (χ3n) is 3.86. The van der Waals surface area contributed by atoms with Gasteiger partial charge in [-0.2, -0.15) is 5.10 Å². The van der Waals surface area contributed by atoms with Gasteiger partial charge in [-0.3, -0.25) is 9.48 Å². The Morgan fingerprint density at radius 3 is 2.74 bits per heavy atom. The van der Waals surface area contributed by atoms with E-state index in [1.807, 2.05) is 24.4 Å². The summed E-state index contributed by atoms with van der Waals surface area (Å²) in [5.41, 5.74) is 0.836. The van der Waals surface area contributed by atoms with E-state index in [9.17, 15) is 13.2 Å². The van der Waals surface area contributed by atoms with Crippen molar-refractivity contribution in [2.75, 3.05) is 12.9 Å². The maximum absolute atomic E-state index is 12.1. The number of rotatable bonds is 6. The van der Waals surface area contributed by atoms with Gasteiger partial charge in [0.1, 0.15) is 0 Å². The summed E-state index contributed by atoms with van der Waals surface area (Å²) >= 11 is 2.22. The van der Waals surface area contributed by atoms with Gasteiger partial charge in [-0.05, 0) is 61.1 Å². The Morgan fingerprint density at radius 2 is 2.13 bits per heavy atom. The quantitative estimate of drug-likeness (QED) is 0.499. The molecule has 126 valence electrons. The highest BCUT2D eigenvalue weighted by molar-refractivity contribution is 14.1. The molecule has 1 heterocycles. The maximum Gasteiger partial charge on any atom is 0.327 e. The predicted molar refractivity (Wildman–Crippen MR) is 96.9 cm³/mol. The maximum atomic E-state index is 12.1. The molecular formula is C15H19IN2O4S. The lowest BCUT2D eigenvalue weighted by molar-refractivity contribution is -0.146. The van der Waals surface area contributed by atoms with Crippen molar-refractivity contribution in [3.63, 3.8) is 0 Å². The highest BCUT2D eigenvalue weighted by Gasteiger charge is 2.44. The Kier molecular flexibility index (Phi) is 5.34. The van der Waals surface area contributed by atoms with Crippen LogP contribution in [0.5, 0.6) is 0 Å². The van der Waals surface area contributed by atoms with E-state index in [-0.39, 0.29) is 13.0 Å². The van der Waals surface area contributed by atoms with E-state index in [1.165, 1.54) is 6.92 Å². The number of halogens is 1. The number of aromatic nitrogens is 2. The topological polar surface area (TPSA) is 78.3 Å². The van der Waals surface area contributed by atoms with Crippen molar-refractivity contribution in [2.24, 2.45) is 0 Å². The molecular weight excluding hydrogens is 431 g/mol. The third-order valence-corrected chi connectivity index (χ3v) is 6.54. The van der Waals surface area contributed by atoms with Gasteiger partial charge in [-0.1, -0.05) is 0 Å². The van der Waals surface area contributed by atoms with Crippen LogP contribution in [0.25, 0.3) is 10.9 Å². The van der Waals surface area contributed by atoms with E-state index >= 15 is 0 Å². The number of sulfone groups is 1. The van der Waals surface area contributed by atoms with Crippen LogP contribution in [0, 0.1) is 3.57 Å². The van der Waals surface area contributed by atoms with Crippen LogP contribution in [-0.4, -0.2) is 41.8 Å². The molecule has 0 amide bonds. The molecule has 1 atom stereocenters. The number of ether oxygens (including phenoxy) is 1. The summed E-state index contributed by atoms with van der Waals surface area (Å²) in [5.74, 6) is -0.714. The van der Waals surface area contributed by atoms with Crippen molar-refractivity contribution in [2.45, 2.75) is 31.6 Å². The molecule has 23 heavy (non-hydrogen) atoms. The summed E-state index contributed by atoms with van der Waals surface area (Å²) in [6.07, 6.45) is 3.02. The van der Waals surface area contributed by atoms with E-state index in [0.717, 1.165) is 20.7 Å². The number of hydrogen-bond acceptors (Lipinski definition) is 5. The molecule has 1 aromatic carbocycles. The highest BCUT2D eigenvalue weighted by Crippen LogP contribution is 2.24. The zero-order valence-electron chi connectivity index (χ0n) is 13.2. The zero-order chi connectivity index (χ0) is 17.3. The van der Waals surface area contributed by atoms with Crippen LogP contribution >= 0.6 is 22.6 Å². The molecule has 2 rings (SSSR count). The number of esters is 1. The molecule has 8 heteroatoms. The molecule has 0 radical (unpaired) electrons. The monoisotopic (exact) mass is 450 g/mol. The normalized spacial score (nSPS) is 14.6. The zero-order valence-corrected chi connectivity index (χ0v) is 16.2. The van der Waals surface area contributed by atoms with Crippen LogP contribution in [0.3, 0.4) is 0 Å². The van der Waals surface area contributed by atoms with Gasteiger partial charge < -0.3 is 4.74 Å². The molecule has 0 N–H and O–H groups in total. The van der Waals surface area contributed by atoms with E-state index < -0.39 is 20.6 Å². The van der Waals surface area contributed by atoms with Crippen molar-refractivity contribution in [3.8, 4) is 0 Å². The minimum absolute atomic E-state index is 0.107. The van der Waals surface area contributed by atoms with Crippen molar-refractivity contribution in [3.05, 3.63) is 28.0 Å². The lowest BCUT2D eigenvalue weighted by Gasteiger charge is -2.25. The standard InChI is InChI=1S/C15H19IN2O4S/c1-4-22-14(19)15(2,23(3,20)21)7-8-18-10-11-9-12(16)5-6-13(11)17-18/h5-6,9-10H,4,7-8H2,1-3H3/t15-/m1/s1. The molecule has 0 spiro atoms. The van der Waals surface area contributed by atoms with Crippen molar-refractivity contribution >= 4 is 49.3 Å². The Hall–Kier alpha value is -1.16. The SMILES string of the molecule is CCOC(=O)[C@@](C)(CCn1cc2cc(I)ccc2n1)S(C)(=O)=O. The van der Waals surface area contributed by atoms with Crippen LogP contribution < -0.4 is 0 Å². The molecule has 0 aliphatic heterocycles. The largest absolute Gasteiger partial charge is 0.465 e. The number of hydrogen-bond donors (Lipinski definition) is 0. The van der Waals surface area contributed by atoms with Crippen LogP contribution in [0.1, 0.15) is 20.3 Å². The summed E-state index contributed by atoms with van der Waals surface area (Å²) < 4.78 is 30.3. The average Bonchev–Trinajstić information content (AvgIpc) is 2.85. The van der Waals surface area contributed by atoms with E-state index in [4.69, 9.17) is 4.74 Å². The first-order valence-corrected chi connectivity index (χ1v) is 10.1. The van der Waals surface area contributed by atoms with Crippen molar-refractivity contribution in [1.82, 2.24) is 9.78 Å². The van der Waals surface area contributed by atoms with Crippen LogP contribution in [0.2, 0.25) is 0 Å². The second-order valence-corrected chi connectivity index (χ2v) is 9.26. The van der Waals surface area contributed by atoms with Crippen LogP contribution in [0.15, 0.2) is 24.4 Å². The van der Waals surface area contributed by atoms with Crippen molar-refractivity contribution in [1.29, 1.82) is 0 Å². The smallest absolute Gasteiger partial charge is 0.327 e. The summed E-state index contributed by atoms with van der Waals surface area (Å²) in [5, 5.41) is 5.39. The number of fused-ring (bicyclic) bond motifs is 1. The molecule has 0 aliphatic rings. The summed E-state index contributed by atoms with van der Waals surface area (Å²) in [6.45, 7) is 3.52. The Balaban J connectivity index is 2.25. The fourth-order valence-electron chi connectivity index (χ4n) is 2.21. The minimum atomic E-state index is -3.61. The van der Waals surface area contributed by atoms with Gasteiger partial charge in [0, 0.05) is 28.0 Å². The number of aryl methyl sites for hydroxylation is 1. The predicted octanol–water partition coefficient (Wildman–Crippen LogP) is 2.40. The number of carbonyl (C=O) groups is 1. The first kappa shape index (κ1) is 18.2. The molecule has 2 aromatic rings. The number of carbonyl (C=O) groups excluding carboxylic acids is 1. The molecule has 6 nitrogen and oxygen atoms in total. The van der Waals surface area contributed by atoms with E-state index in [1.54, 1.807) is 11.6 Å². The molecule has 0 saturated heterocycles. The highest BCUT2D eigenvalue weighted by atomic mass is 127. The Morgan fingerprint density at radius 1 is 1.43 bits per heavy atom. The van der Waals surface area contributed by atoms with Gasteiger partial charge in [-0.15, -0.1) is 0 Å². The Bertz CT molecular complexity index is 831. The van der Waals surface area contributed by atoms with Crippen LogP contribution in [0.4, 0.5) is 0 Å². The van der Waals surface area contributed by atoms with Gasteiger partial charge in [0.15, 0.2) is 14.6 Å². The second-order valence-electron chi connectivity index (χ2n) is 5.57. The van der Waals surface area contributed by atoms with Gasteiger partial charge >= 0.3 is 5.97 Å². The first-order valence-electron chi connectivity index (χ1n) is 7.17. The van der Waals surface area contributed by atoms with E-state index in [0.29, 0.717) is 6.54 Å². The Labute approximate surface area is 149 Å². The van der Waals surface area contributed by atoms with Crippen molar-refractivity contribution < 1.29 is 17.9 Å². The molecule has 0 bridgehead atoms. The number of nitrogens with zero attached hydrogens (tertiary/aromatic N) is 2. The minimum Gasteiger partial charge on any atom is -0.465 e. The third kappa shape index (κ3) is 3.85. The molecule has 0 unspecified atom stereocenters. The second kappa shape index (κ2) is 6.76. The summed E-state index contributed by atoms with van der Waals surface area (Å²) in [4.78, 5) is 12.1. The summed E-state index contributed by atoms with van der Waals surface area (Å²) in [7, 11) is -3.61.